The average Bonchev–Trinajstić information content (AvgIpc) is 2.38. The zero-order chi connectivity index (χ0) is 12.7. The van der Waals surface area contributed by atoms with Crippen molar-refractivity contribution >= 4 is 5.78 Å². The molecular weight excluding hydrogens is 208 g/mol. The van der Waals surface area contributed by atoms with Crippen LogP contribution in [0.3, 0.4) is 0 Å². The van der Waals surface area contributed by atoms with Crippen LogP contribution in [0.15, 0.2) is 0 Å². The molecule has 0 radical (unpaired) electrons. The van der Waals surface area contributed by atoms with Gasteiger partial charge in [0.15, 0.2) is 0 Å². The number of carbonyl (C=O) groups excluding carboxylic acids is 1. The van der Waals surface area contributed by atoms with Crippen molar-refractivity contribution in [2.24, 2.45) is 17.8 Å². The van der Waals surface area contributed by atoms with E-state index in [1.165, 1.54) is 32.1 Å². The molecule has 1 saturated carbocycles. The van der Waals surface area contributed by atoms with E-state index < -0.39 is 0 Å². The Labute approximate surface area is 107 Å². The highest BCUT2D eigenvalue weighted by Gasteiger charge is 2.30. The van der Waals surface area contributed by atoms with E-state index in [4.69, 9.17) is 0 Å². The van der Waals surface area contributed by atoms with Gasteiger partial charge < -0.3 is 0 Å². The molecule has 0 aromatic carbocycles. The first-order valence-electron chi connectivity index (χ1n) is 7.76. The van der Waals surface area contributed by atoms with Crippen molar-refractivity contribution in [3.63, 3.8) is 0 Å². The molecule has 17 heavy (non-hydrogen) atoms. The molecule has 0 saturated heterocycles. The molecule has 1 rings (SSSR count). The smallest absolute Gasteiger partial charge is 0.139 e. The summed E-state index contributed by atoms with van der Waals surface area (Å²) < 4.78 is 0. The predicted molar refractivity (Wildman–Crippen MR) is 74.1 cm³/mol. The molecule has 0 N–H and O–H groups in total. The molecule has 2 unspecified atom stereocenters. The van der Waals surface area contributed by atoms with Crippen LogP contribution in [-0.4, -0.2) is 5.78 Å². The largest absolute Gasteiger partial charge is 0.299 e. The highest BCUT2D eigenvalue weighted by molar-refractivity contribution is 5.83. The maximum Gasteiger partial charge on any atom is 0.139 e. The first-order chi connectivity index (χ1) is 8.22. The van der Waals surface area contributed by atoms with Crippen molar-refractivity contribution in [1.82, 2.24) is 0 Å². The van der Waals surface area contributed by atoms with Gasteiger partial charge in [0.2, 0.25) is 0 Å². The van der Waals surface area contributed by atoms with Crippen molar-refractivity contribution in [2.75, 3.05) is 0 Å². The second-order valence-corrected chi connectivity index (χ2v) is 5.81. The summed E-state index contributed by atoms with van der Waals surface area (Å²) in [5.41, 5.74) is 0. The standard InChI is InChI=1S/C16H30O/c1-4-8-14(9-5-2)16(17)15-11-7-10-13(6-3)12-15/h13-15H,4-12H2,1-3H3. The van der Waals surface area contributed by atoms with Crippen LogP contribution in [0.5, 0.6) is 0 Å². The van der Waals surface area contributed by atoms with Crippen LogP contribution in [0.1, 0.15) is 78.6 Å². The topological polar surface area (TPSA) is 17.1 Å². The van der Waals surface area contributed by atoms with Crippen molar-refractivity contribution in [3.8, 4) is 0 Å². The third-order valence-corrected chi connectivity index (χ3v) is 4.44. The Hall–Kier alpha value is -0.330. The number of ketones is 1. The minimum absolute atomic E-state index is 0.366. The molecule has 0 spiro atoms. The summed E-state index contributed by atoms with van der Waals surface area (Å²) in [5, 5.41) is 0. The van der Waals surface area contributed by atoms with E-state index >= 15 is 0 Å². The van der Waals surface area contributed by atoms with Crippen LogP contribution in [0.4, 0.5) is 0 Å². The van der Waals surface area contributed by atoms with E-state index in [2.05, 4.69) is 20.8 Å². The Morgan fingerprint density at radius 2 is 1.76 bits per heavy atom. The van der Waals surface area contributed by atoms with Crippen molar-refractivity contribution in [2.45, 2.75) is 78.6 Å². The summed E-state index contributed by atoms with van der Waals surface area (Å²) in [4.78, 5) is 12.5. The lowest BCUT2D eigenvalue weighted by Crippen LogP contribution is -2.28. The summed E-state index contributed by atoms with van der Waals surface area (Å²) in [5.74, 6) is 2.19. The van der Waals surface area contributed by atoms with E-state index in [1.807, 2.05) is 0 Å². The monoisotopic (exact) mass is 238 g/mol. The van der Waals surface area contributed by atoms with E-state index in [1.54, 1.807) is 0 Å². The number of Topliss-reactive ketones (excluding diaryl/α,β-unsaturated/α-hetero) is 1. The van der Waals surface area contributed by atoms with Gasteiger partial charge in [-0.15, -0.1) is 0 Å². The normalized spacial score (nSPS) is 25.2. The van der Waals surface area contributed by atoms with Gasteiger partial charge in [-0.2, -0.15) is 0 Å². The lowest BCUT2D eigenvalue weighted by molar-refractivity contribution is -0.128. The third-order valence-electron chi connectivity index (χ3n) is 4.44. The van der Waals surface area contributed by atoms with Crippen molar-refractivity contribution in [1.29, 1.82) is 0 Å². The molecule has 1 heteroatoms. The molecule has 2 atom stereocenters. The summed E-state index contributed by atoms with van der Waals surface area (Å²) >= 11 is 0. The SMILES string of the molecule is CCCC(CCC)C(=O)C1CCCC(CC)C1. The van der Waals surface area contributed by atoms with Crippen LogP contribution in [0, 0.1) is 17.8 Å². The fraction of sp³-hybridized carbons (Fsp3) is 0.938. The molecule has 0 aromatic heterocycles. The Morgan fingerprint density at radius 1 is 1.12 bits per heavy atom. The van der Waals surface area contributed by atoms with Gasteiger partial charge in [-0.3, -0.25) is 4.79 Å². The fourth-order valence-electron chi connectivity index (χ4n) is 3.38. The highest BCUT2D eigenvalue weighted by Crippen LogP contribution is 2.34. The zero-order valence-electron chi connectivity index (χ0n) is 12.0. The number of carbonyl (C=O) groups is 1. The summed E-state index contributed by atoms with van der Waals surface area (Å²) in [7, 11) is 0. The van der Waals surface area contributed by atoms with Gasteiger partial charge in [0.25, 0.3) is 0 Å². The second kappa shape index (κ2) is 7.89. The van der Waals surface area contributed by atoms with E-state index in [0.29, 0.717) is 17.6 Å². The Bertz CT molecular complexity index is 216. The summed E-state index contributed by atoms with van der Waals surface area (Å²) in [6.07, 6.45) is 10.8. The summed E-state index contributed by atoms with van der Waals surface area (Å²) in [6.45, 7) is 6.67. The molecule has 0 amide bonds. The maximum absolute atomic E-state index is 12.5. The van der Waals surface area contributed by atoms with Crippen molar-refractivity contribution < 1.29 is 4.79 Å². The van der Waals surface area contributed by atoms with E-state index in [0.717, 1.165) is 31.6 Å². The number of rotatable bonds is 7. The molecule has 100 valence electrons. The van der Waals surface area contributed by atoms with Crippen molar-refractivity contribution in [3.05, 3.63) is 0 Å². The molecule has 1 fully saturated rings. The maximum atomic E-state index is 12.5. The van der Waals surface area contributed by atoms with Crippen LogP contribution < -0.4 is 0 Å². The number of hydrogen-bond acceptors (Lipinski definition) is 1. The zero-order valence-corrected chi connectivity index (χ0v) is 12.0. The second-order valence-electron chi connectivity index (χ2n) is 5.81. The first kappa shape index (κ1) is 14.7. The fourth-order valence-corrected chi connectivity index (χ4v) is 3.38. The van der Waals surface area contributed by atoms with Crippen LogP contribution in [0.2, 0.25) is 0 Å². The molecule has 0 aliphatic heterocycles. The minimum atomic E-state index is 0.366. The quantitative estimate of drug-likeness (QED) is 0.611. The molecule has 1 nitrogen and oxygen atoms in total. The predicted octanol–water partition coefficient (Wildman–Crippen LogP) is 4.99. The van der Waals surface area contributed by atoms with Gasteiger partial charge in [-0.1, -0.05) is 52.9 Å². The molecule has 1 aliphatic rings. The van der Waals surface area contributed by atoms with E-state index in [9.17, 15) is 4.79 Å². The van der Waals surface area contributed by atoms with Gasteiger partial charge in [0.1, 0.15) is 5.78 Å². The average molecular weight is 238 g/mol. The van der Waals surface area contributed by atoms with Crippen LogP contribution in [-0.2, 0) is 4.79 Å². The molecule has 1 aliphatic carbocycles. The third kappa shape index (κ3) is 4.44. The van der Waals surface area contributed by atoms with Crippen LogP contribution >= 0.6 is 0 Å². The van der Waals surface area contributed by atoms with Gasteiger partial charge in [-0.05, 0) is 31.6 Å². The minimum Gasteiger partial charge on any atom is -0.299 e. The Morgan fingerprint density at radius 3 is 2.29 bits per heavy atom. The van der Waals surface area contributed by atoms with Gasteiger partial charge >= 0.3 is 0 Å². The molecule has 0 aromatic rings. The van der Waals surface area contributed by atoms with Gasteiger partial charge in [0, 0.05) is 11.8 Å². The molecular formula is C16H30O. The molecule has 0 bridgehead atoms. The Balaban J connectivity index is 2.53. The van der Waals surface area contributed by atoms with Gasteiger partial charge in [-0.25, -0.2) is 0 Å². The Kier molecular flexibility index (Phi) is 6.84. The van der Waals surface area contributed by atoms with Gasteiger partial charge in [0.05, 0.1) is 0 Å². The lowest BCUT2D eigenvalue weighted by atomic mass is 9.74. The summed E-state index contributed by atoms with van der Waals surface area (Å²) in [6, 6.07) is 0. The molecule has 0 heterocycles. The highest BCUT2D eigenvalue weighted by atomic mass is 16.1. The van der Waals surface area contributed by atoms with Crippen LogP contribution in [0.25, 0.3) is 0 Å². The van der Waals surface area contributed by atoms with E-state index in [-0.39, 0.29) is 0 Å². The number of hydrogen-bond donors (Lipinski definition) is 0. The lowest BCUT2D eigenvalue weighted by Gasteiger charge is -2.30. The first-order valence-corrected chi connectivity index (χ1v) is 7.76.